The van der Waals surface area contributed by atoms with E-state index < -0.39 is 0 Å². The van der Waals surface area contributed by atoms with Crippen LogP contribution in [-0.2, 0) is 4.74 Å². The van der Waals surface area contributed by atoms with Crippen LogP contribution in [0.1, 0.15) is 0 Å². The Morgan fingerprint density at radius 2 is 2.22 bits per heavy atom. The summed E-state index contributed by atoms with van der Waals surface area (Å²) in [5.74, 6) is 0.521. The lowest BCUT2D eigenvalue weighted by Gasteiger charge is -2.22. The van der Waals surface area contributed by atoms with Gasteiger partial charge in [0.2, 0.25) is 5.88 Å². The van der Waals surface area contributed by atoms with E-state index in [0.29, 0.717) is 19.1 Å². The maximum Gasteiger partial charge on any atom is 0.232 e. The predicted octanol–water partition coefficient (Wildman–Crippen LogP) is 2.37. The first-order valence-corrected chi connectivity index (χ1v) is 8.31. The quantitative estimate of drug-likeness (QED) is 0.736. The SMILES string of the molecule is c1ccc2sc(N3CCOC[C@H](Oc4cnccn4)C3)nc2c1. The zero-order valence-corrected chi connectivity index (χ0v) is 13.3. The van der Waals surface area contributed by atoms with Crippen molar-refractivity contribution < 1.29 is 9.47 Å². The monoisotopic (exact) mass is 328 g/mol. The molecular formula is C16H16N4O2S. The summed E-state index contributed by atoms with van der Waals surface area (Å²) < 4.78 is 12.8. The number of benzene rings is 1. The van der Waals surface area contributed by atoms with E-state index >= 15 is 0 Å². The van der Waals surface area contributed by atoms with Gasteiger partial charge in [0.1, 0.15) is 6.10 Å². The molecule has 7 heteroatoms. The largest absolute Gasteiger partial charge is 0.469 e. The number of aromatic nitrogens is 3. The molecule has 3 heterocycles. The molecule has 1 fully saturated rings. The van der Waals surface area contributed by atoms with Crippen molar-refractivity contribution in [3.63, 3.8) is 0 Å². The van der Waals surface area contributed by atoms with E-state index in [0.717, 1.165) is 23.7 Å². The average Bonchev–Trinajstić information content (AvgIpc) is 2.89. The first-order valence-electron chi connectivity index (χ1n) is 7.49. The number of anilines is 1. The molecule has 1 aromatic carbocycles. The Kier molecular flexibility index (Phi) is 4.04. The number of hydrogen-bond acceptors (Lipinski definition) is 7. The number of fused-ring (bicyclic) bond motifs is 1. The summed E-state index contributed by atoms with van der Waals surface area (Å²) in [6, 6.07) is 8.18. The Morgan fingerprint density at radius 3 is 3.09 bits per heavy atom. The summed E-state index contributed by atoms with van der Waals surface area (Å²) in [6.45, 7) is 2.73. The second-order valence-electron chi connectivity index (χ2n) is 5.27. The van der Waals surface area contributed by atoms with Crippen molar-refractivity contribution in [2.24, 2.45) is 0 Å². The summed E-state index contributed by atoms with van der Waals surface area (Å²) >= 11 is 1.70. The molecule has 4 rings (SSSR count). The molecule has 0 bridgehead atoms. The van der Waals surface area contributed by atoms with Crippen LogP contribution in [0.3, 0.4) is 0 Å². The highest BCUT2D eigenvalue weighted by Gasteiger charge is 2.23. The van der Waals surface area contributed by atoms with Crippen LogP contribution < -0.4 is 9.64 Å². The average molecular weight is 328 g/mol. The maximum absolute atomic E-state index is 5.90. The van der Waals surface area contributed by atoms with Gasteiger partial charge < -0.3 is 14.4 Å². The number of rotatable bonds is 3. The van der Waals surface area contributed by atoms with Gasteiger partial charge in [-0.15, -0.1) is 0 Å². The Morgan fingerprint density at radius 1 is 1.26 bits per heavy atom. The Bertz CT molecular complexity index is 747. The minimum atomic E-state index is -0.0961. The van der Waals surface area contributed by atoms with Gasteiger partial charge in [-0.25, -0.2) is 9.97 Å². The number of nitrogens with zero attached hydrogens (tertiary/aromatic N) is 4. The van der Waals surface area contributed by atoms with Gasteiger partial charge >= 0.3 is 0 Å². The van der Waals surface area contributed by atoms with Crippen molar-refractivity contribution in [2.75, 3.05) is 31.2 Å². The van der Waals surface area contributed by atoms with Crippen LogP contribution in [0, 0.1) is 0 Å². The van der Waals surface area contributed by atoms with Crippen LogP contribution >= 0.6 is 11.3 Å². The van der Waals surface area contributed by atoms with Gasteiger partial charge in [0, 0.05) is 18.9 Å². The van der Waals surface area contributed by atoms with E-state index in [1.807, 2.05) is 18.2 Å². The van der Waals surface area contributed by atoms with Crippen molar-refractivity contribution in [3.8, 4) is 5.88 Å². The second-order valence-corrected chi connectivity index (χ2v) is 6.28. The molecule has 23 heavy (non-hydrogen) atoms. The Hall–Kier alpha value is -2.25. The fourth-order valence-corrected chi connectivity index (χ4v) is 3.54. The summed E-state index contributed by atoms with van der Waals surface area (Å²) in [4.78, 5) is 15.1. The molecule has 0 spiro atoms. The molecule has 0 unspecified atom stereocenters. The van der Waals surface area contributed by atoms with E-state index in [1.54, 1.807) is 29.9 Å². The van der Waals surface area contributed by atoms with Gasteiger partial charge in [0.05, 0.1) is 36.2 Å². The maximum atomic E-state index is 5.90. The molecule has 2 aromatic heterocycles. The molecule has 6 nitrogen and oxygen atoms in total. The molecule has 1 atom stereocenters. The molecule has 1 aliphatic heterocycles. The van der Waals surface area contributed by atoms with Crippen LogP contribution in [-0.4, -0.2) is 47.4 Å². The standard InChI is InChI=1S/C16H16N4O2S/c1-2-4-14-13(3-1)19-16(23-14)20-7-8-21-11-12(10-20)22-15-9-17-5-6-18-15/h1-6,9,12H,7-8,10-11H2/t12-/m1/s1. The van der Waals surface area contributed by atoms with Crippen molar-refractivity contribution >= 4 is 26.7 Å². The fourth-order valence-electron chi connectivity index (χ4n) is 2.54. The van der Waals surface area contributed by atoms with Gasteiger partial charge in [-0.05, 0) is 12.1 Å². The van der Waals surface area contributed by atoms with Gasteiger partial charge in [-0.3, -0.25) is 4.98 Å². The van der Waals surface area contributed by atoms with E-state index in [4.69, 9.17) is 14.5 Å². The molecular weight excluding hydrogens is 312 g/mol. The predicted molar refractivity (Wildman–Crippen MR) is 89.1 cm³/mol. The zero-order chi connectivity index (χ0) is 15.5. The van der Waals surface area contributed by atoms with Gasteiger partial charge in [0.25, 0.3) is 0 Å². The molecule has 0 amide bonds. The Balaban J connectivity index is 1.53. The highest BCUT2D eigenvalue weighted by atomic mass is 32.1. The third kappa shape index (κ3) is 3.25. The molecule has 1 aliphatic rings. The number of para-hydroxylation sites is 1. The number of hydrogen-bond donors (Lipinski definition) is 0. The number of ether oxygens (including phenoxy) is 2. The minimum Gasteiger partial charge on any atom is -0.469 e. The molecule has 0 radical (unpaired) electrons. The summed E-state index contributed by atoms with van der Waals surface area (Å²) in [6.07, 6.45) is 4.77. The van der Waals surface area contributed by atoms with Crippen molar-refractivity contribution in [1.82, 2.24) is 15.0 Å². The molecule has 0 aliphatic carbocycles. The fraction of sp³-hybridized carbons (Fsp3) is 0.312. The molecule has 1 saturated heterocycles. The smallest absolute Gasteiger partial charge is 0.232 e. The van der Waals surface area contributed by atoms with E-state index in [-0.39, 0.29) is 6.10 Å². The van der Waals surface area contributed by atoms with Crippen molar-refractivity contribution in [3.05, 3.63) is 42.9 Å². The zero-order valence-electron chi connectivity index (χ0n) is 12.5. The van der Waals surface area contributed by atoms with Gasteiger partial charge in [-0.2, -0.15) is 0 Å². The van der Waals surface area contributed by atoms with E-state index in [9.17, 15) is 0 Å². The molecule has 3 aromatic rings. The molecule has 118 valence electrons. The highest BCUT2D eigenvalue weighted by molar-refractivity contribution is 7.22. The van der Waals surface area contributed by atoms with Crippen molar-refractivity contribution in [2.45, 2.75) is 6.10 Å². The lowest BCUT2D eigenvalue weighted by atomic mass is 10.3. The third-order valence-corrected chi connectivity index (χ3v) is 4.71. The normalized spacial score (nSPS) is 18.8. The minimum absolute atomic E-state index is 0.0961. The first-order chi connectivity index (χ1) is 11.4. The van der Waals surface area contributed by atoms with Gasteiger partial charge in [-0.1, -0.05) is 23.5 Å². The van der Waals surface area contributed by atoms with Crippen molar-refractivity contribution in [1.29, 1.82) is 0 Å². The van der Waals surface area contributed by atoms with Gasteiger partial charge in [0.15, 0.2) is 5.13 Å². The topological polar surface area (TPSA) is 60.4 Å². The van der Waals surface area contributed by atoms with Crippen LogP contribution in [0.2, 0.25) is 0 Å². The molecule has 0 N–H and O–H groups in total. The van der Waals surface area contributed by atoms with Crippen LogP contribution in [0.15, 0.2) is 42.9 Å². The van der Waals surface area contributed by atoms with E-state index in [2.05, 4.69) is 20.9 Å². The lowest BCUT2D eigenvalue weighted by Crippen LogP contribution is -2.36. The summed E-state index contributed by atoms with van der Waals surface area (Å²) in [5, 5.41) is 1.00. The van der Waals surface area contributed by atoms with Crippen LogP contribution in [0.5, 0.6) is 5.88 Å². The van der Waals surface area contributed by atoms with E-state index in [1.165, 1.54) is 4.70 Å². The first kappa shape index (κ1) is 14.3. The Labute approximate surface area is 137 Å². The summed E-state index contributed by atoms with van der Waals surface area (Å²) in [7, 11) is 0. The highest BCUT2D eigenvalue weighted by Crippen LogP contribution is 2.29. The summed E-state index contributed by atoms with van der Waals surface area (Å²) in [5.41, 5.74) is 1.03. The third-order valence-electron chi connectivity index (χ3n) is 3.61. The van der Waals surface area contributed by atoms with Crippen LogP contribution in [0.4, 0.5) is 5.13 Å². The van der Waals surface area contributed by atoms with Crippen LogP contribution in [0.25, 0.3) is 10.2 Å². The number of thiazole rings is 1. The molecule has 0 saturated carbocycles. The lowest BCUT2D eigenvalue weighted by molar-refractivity contribution is 0.0703. The second kappa shape index (κ2) is 6.47.